The van der Waals surface area contributed by atoms with Crippen molar-refractivity contribution in [1.29, 1.82) is 0 Å². The number of amides is 1. The number of nitrogens with zero attached hydrogens (tertiary/aromatic N) is 3. The number of hydrogen-bond acceptors (Lipinski definition) is 5. The van der Waals surface area contributed by atoms with Gasteiger partial charge in [0.05, 0.1) is 11.3 Å². The summed E-state index contributed by atoms with van der Waals surface area (Å²) < 4.78 is 5.75. The maximum atomic E-state index is 12.8. The molecule has 2 fully saturated rings. The van der Waals surface area contributed by atoms with E-state index in [2.05, 4.69) is 20.2 Å². The first-order valence-electron chi connectivity index (χ1n) is 9.89. The molecule has 2 aliphatic rings. The van der Waals surface area contributed by atoms with Crippen LogP contribution >= 0.6 is 0 Å². The molecule has 2 aromatic heterocycles. The van der Waals surface area contributed by atoms with E-state index in [1.54, 1.807) is 6.33 Å². The Bertz CT molecular complexity index is 794. The second kappa shape index (κ2) is 7.25. The van der Waals surface area contributed by atoms with E-state index in [-0.39, 0.29) is 11.8 Å². The normalized spacial score (nSPS) is 21.9. The van der Waals surface area contributed by atoms with Gasteiger partial charge in [-0.2, -0.15) is 0 Å². The Kier molecular flexibility index (Phi) is 4.83. The molecule has 3 heterocycles. The molecule has 1 saturated carbocycles. The van der Waals surface area contributed by atoms with Gasteiger partial charge in [0.1, 0.15) is 17.9 Å². The van der Waals surface area contributed by atoms with Gasteiger partial charge < -0.3 is 14.6 Å². The number of anilines is 1. The lowest BCUT2D eigenvalue weighted by atomic mass is 9.93. The van der Waals surface area contributed by atoms with Crippen LogP contribution in [-0.2, 0) is 4.79 Å². The summed E-state index contributed by atoms with van der Waals surface area (Å²) in [6.45, 7) is 5.64. The van der Waals surface area contributed by atoms with E-state index < -0.39 is 0 Å². The van der Waals surface area contributed by atoms with E-state index in [4.69, 9.17) is 4.42 Å². The summed E-state index contributed by atoms with van der Waals surface area (Å²) >= 11 is 0. The first kappa shape index (κ1) is 17.3. The molecule has 26 heavy (non-hydrogen) atoms. The first-order chi connectivity index (χ1) is 12.6. The number of piperidine rings is 1. The number of carbonyl (C=O) groups is 1. The first-order valence-corrected chi connectivity index (χ1v) is 9.89. The van der Waals surface area contributed by atoms with Gasteiger partial charge in [0, 0.05) is 24.7 Å². The molecule has 0 aromatic carbocycles. The molecule has 0 radical (unpaired) electrons. The van der Waals surface area contributed by atoms with Gasteiger partial charge in [0.2, 0.25) is 11.6 Å². The Morgan fingerprint density at radius 3 is 2.77 bits per heavy atom. The smallest absolute Gasteiger partial charge is 0.231 e. The third-order valence-corrected chi connectivity index (χ3v) is 5.99. The molecule has 6 heteroatoms. The van der Waals surface area contributed by atoms with Gasteiger partial charge in [-0.05, 0) is 39.5 Å². The van der Waals surface area contributed by atoms with Crippen molar-refractivity contribution in [3.8, 4) is 0 Å². The van der Waals surface area contributed by atoms with Crippen molar-refractivity contribution >= 4 is 22.8 Å². The highest BCUT2D eigenvalue weighted by atomic mass is 16.3. The Morgan fingerprint density at radius 1 is 1.15 bits per heavy atom. The molecule has 0 bridgehead atoms. The van der Waals surface area contributed by atoms with E-state index in [9.17, 15) is 4.79 Å². The number of aromatic nitrogens is 2. The summed E-state index contributed by atoms with van der Waals surface area (Å²) in [6.07, 6.45) is 9.54. The Balaban J connectivity index is 1.51. The topological polar surface area (TPSA) is 71.3 Å². The molecule has 4 rings (SSSR count). The van der Waals surface area contributed by atoms with Crippen molar-refractivity contribution in [3.05, 3.63) is 17.7 Å². The van der Waals surface area contributed by atoms with Crippen LogP contribution in [0.4, 0.5) is 5.82 Å². The average Bonchev–Trinajstić information content (AvgIpc) is 2.97. The van der Waals surface area contributed by atoms with Crippen LogP contribution in [0.15, 0.2) is 10.7 Å². The molecular weight excluding hydrogens is 328 g/mol. The van der Waals surface area contributed by atoms with Crippen molar-refractivity contribution in [2.24, 2.45) is 5.92 Å². The van der Waals surface area contributed by atoms with E-state index in [0.29, 0.717) is 18.3 Å². The van der Waals surface area contributed by atoms with Gasteiger partial charge in [0.15, 0.2) is 0 Å². The monoisotopic (exact) mass is 356 g/mol. The lowest BCUT2D eigenvalue weighted by Crippen LogP contribution is -2.46. The molecule has 1 aliphatic heterocycles. The molecule has 0 spiro atoms. The van der Waals surface area contributed by atoms with E-state index in [1.807, 2.05) is 13.8 Å². The fraction of sp³-hybridized carbons (Fsp3) is 0.650. The fourth-order valence-electron chi connectivity index (χ4n) is 4.35. The zero-order valence-electron chi connectivity index (χ0n) is 15.8. The molecular formula is C20H28N4O2. The van der Waals surface area contributed by atoms with Crippen molar-refractivity contribution in [3.63, 3.8) is 0 Å². The second-order valence-corrected chi connectivity index (χ2v) is 7.79. The minimum Gasteiger partial charge on any atom is -0.443 e. The molecule has 2 aromatic rings. The summed E-state index contributed by atoms with van der Waals surface area (Å²) in [4.78, 5) is 23.8. The third kappa shape index (κ3) is 3.29. The highest BCUT2D eigenvalue weighted by Crippen LogP contribution is 2.32. The van der Waals surface area contributed by atoms with Gasteiger partial charge in [-0.1, -0.05) is 19.3 Å². The predicted octanol–water partition coefficient (Wildman–Crippen LogP) is 3.50. The van der Waals surface area contributed by atoms with Crippen LogP contribution in [-0.4, -0.2) is 35.0 Å². The van der Waals surface area contributed by atoms with Crippen molar-refractivity contribution in [1.82, 2.24) is 15.3 Å². The maximum absolute atomic E-state index is 12.8. The molecule has 1 amide bonds. The van der Waals surface area contributed by atoms with Crippen LogP contribution in [0.2, 0.25) is 0 Å². The van der Waals surface area contributed by atoms with Crippen molar-refractivity contribution < 1.29 is 9.21 Å². The molecule has 1 unspecified atom stereocenters. The van der Waals surface area contributed by atoms with Crippen LogP contribution in [0, 0.1) is 19.8 Å². The highest BCUT2D eigenvalue weighted by molar-refractivity contribution is 5.90. The van der Waals surface area contributed by atoms with Crippen LogP contribution in [0.3, 0.4) is 0 Å². The second-order valence-electron chi connectivity index (χ2n) is 7.79. The molecule has 1 N–H and O–H groups in total. The number of fused-ring (bicyclic) bond motifs is 1. The summed E-state index contributed by atoms with van der Waals surface area (Å²) in [5.41, 5.74) is 1.73. The van der Waals surface area contributed by atoms with Gasteiger partial charge in [-0.15, -0.1) is 0 Å². The lowest BCUT2D eigenvalue weighted by molar-refractivity contribution is -0.126. The van der Waals surface area contributed by atoms with Crippen LogP contribution in [0.25, 0.3) is 11.1 Å². The van der Waals surface area contributed by atoms with E-state index >= 15 is 0 Å². The number of carbonyl (C=O) groups excluding carboxylic acids is 1. The largest absolute Gasteiger partial charge is 0.443 e. The molecule has 1 saturated heterocycles. The summed E-state index contributed by atoms with van der Waals surface area (Å²) in [5.74, 6) is 2.03. The Labute approximate surface area is 154 Å². The zero-order chi connectivity index (χ0) is 18.1. The number of furan rings is 1. The SMILES string of the molecule is Cc1oc2ncnc(N3CCCC(C(=O)NC4CCCCC4)C3)c2c1C. The number of rotatable bonds is 3. The van der Waals surface area contributed by atoms with E-state index in [0.717, 1.165) is 54.8 Å². The standard InChI is InChI=1S/C20H28N4O2/c1-13-14(2)26-20-17(13)18(21-12-22-20)24-10-6-7-15(11-24)19(25)23-16-8-4-3-5-9-16/h12,15-16H,3-11H2,1-2H3,(H,23,25). The highest BCUT2D eigenvalue weighted by Gasteiger charge is 2.30. The quantitative estimate of drug-likeness (QED) is 0.911. The summed E-state index contributed by atoms with van der Waals surface area (Å²) in [7, 11) is 0. The average molecular weight is 356 g/mol. The maximum Gasteiger partial charge on any atom is 0.231 e. The fourth-order valence-corrected chi connectivity index (χ4v) is 4.35. The van der Waals surface area contributed by atoms with Crippen LogP contribution in [0.5, 0.6) is 0 Å². The molecule has 140 valence electrons. The van der Waals surface area contributed by atoms with Crippen LogP contribution in [0.1, 0.15) is 56.3 Å². The van der Waals surface area contributed by atoms with Crippen LogP contribution < -0.4 is 10.2 Å². The molecule has 1 atom stereocenters. The van der Waals surface area contributed by atoms with Crippen molar-refractivity contribution in [2.45, 2.75) is 64.8 Å². The number of hydrogen-bond donors (Lipinski definition) is 1. The van der Waals surface area contributed by atoms with Gasteiger partial charge in [0.25, 0.3) is 0 Å². The lowest BCUT2D eigenvalue weighted by Gasteiger charge is -2.34. The predicted molar refractivity (Wildman–Crippen MR) is 101 cm³/mol. The third-order valence-electron chi connectivity index (χ3n) is 5.99. The zero-order valence-corrected chi connectivity index (χ0v) is 15.8. The van der Waals surface area contributed by atoms with Gasteiger partial charge in [-0.25, -0.2) is 9.97 Å². The summed E-state index contributed by atoms with van der Waals surface area (Å²) in [6, 6.07) is 0.371. The Hall–Kier alpha value is -2.11. The minimum absolute atomic E-state index is 0.0315. The number of nitrogens with one attached hydrogen (secondary N) is 1. The molecule has 1 aliphatic carbocycles. The molecule has 6 nitrogen and oxygen atoms in total. The van der Waals surface area contributed by atoms with Gasteiger partial charge >= 0.3 is 0 Å². The van der Waals surface area contributed by atoms with Crippen molar-refractivity contribution in [2.75, 3.05) is 18.0 Å². The number of aryl methyl sites for hydroxylation is 2. The Morgan fingerprint density at radius 2 is 1.96 bits per heavy atom. The van der Waals surface area contributed by atoms with Gasteiger partial charge in [-0.3, -0.25) is 4.79 Å². The van der Waals surface area contributed by atoms with E-state index in [1.165, 1.54) is 19.3 Å². The minimum atomic E-state index is 0.0315. The summed E-state index contributed by atoms with van der Waals surface area (Å²) in [5, 5.41) is 4.28.